The van der Waals surface area contributed by atoms with E-state index < -0.39 is 33.3 Å². The molecule has 4 heterocycles. The lowest BCUT2D eigenvalue weighted by Crippen LogP contribution is -2.60. The molecule has 0 aromatic heterocycles. The molecule has 13 heteroatoms. The monoisotopic (exact) mass is 652 g/mol. The molecule has 2 aromatic carbocycles. The molecule has 4 aliphatic heterocycles. The molecule has 9 nitrogen and oxygen atoms in total. The third kappa shape index (κ3) is 6.85. The predicted octanol–water partition coefficient (Wildman–Crippen LogP) is 5.45. The molecule has 4 saturated heterocycles. The van der Waals surface area contributed by atoms with Crippen LogP contribution in [-0.2, 0) is 30.0 Å². The molecule has 4 aliphatic rings. The zero-order valence-corrected chi connectivity index (χ0v) is 25.8. The zero-order valence-electron chi connectivity index (χ0n) is 25.0. The number of rotatable bonds is 5. The normalized spacial score (nSPS) is 24.4. The number of benzene rings is 2. The Morgan fingerprint density at radius 3 is 1.71 bits per heavy atom. The van der Waals surface area contributed by atoms with Gasteiger partial charge in [-0.2, -0.15) is 13.2 Å². The molecule has 4 fully saturated rings. The first-order valence-electron chi connectivity index (χ1n) is 15.6. The van der Waals surface area contributed by atoms with Crippen molar-refractivity contribution in [3.8, 4) is 0 Å². The van der Waals surface area contributed by atoms with E-state index in [2.05, 4.69) is 0 Å². The summed E-state index contributed by atoms with van der Waals surface area (Å²) in [5.41, 5.74) is -6.04. The van der Waals surface area contributed by atoms with Crippen molar-refractivity contribution in [2.24, 2.45) is 0 Å². The number of hydrogen-bond acceptors (Lipinski definition) is 7. The molecule has 6 rings (SSSR count). The lowest BCUT2D eigenvalue weighted by atomic mass is 9.85. The van der Waals surface area contributed by atoms with Gasteiger partial charge in [-0.15, -0.1) is 0 Å². The Bertz CT molecular complexity index is 1370. The van der Waals surface area contributed by atoms with Crippen molar-refractivity contribution < 1.29 is 49.7 Å². The molecule has 2 atom stereocenters. The fraction of sp³-hybridized carbons (Fsp3) is 0.562. The van der Waals surface area contributed by atoms with Gasteiger partial charge < -0.3 is 23.4 Å². The van der Waals surface area contributed by atoms with Gasteiger partial charge >= 0.3 is 17.6 Å². The zero-order chi connectivity index (χ0) is 32.3. The van der Waals surface area contributed by atoms with E-state index in [-0.39, 0.29) is 6.10 Å². The number of halogens is 3. The standard InChI is InChI=1S/C31H39N2O4.CHF3O3S/c34-29(36-28-22-26-16-17-27(23-28)33(26)20-10-11-21-33)31(24-12-4-1-5-13-24,25-14-6-2-7-15-25)37-30(35)32-18-8-3-9-19-32;2-1(3,4)8(5,6)7/h1-2,4-7,12-15,26-28H,3,8-11,16-23H2;(H,5,6,7)/q+1;/p-1. The van der Waals surface area contributed by atoms with Crippen LogP contribution < -0.4 is 0 Å². The van der Waals surface area contributed by atoms with Gasteiger partial charge in [0.2, 0.25) is 0 Å². The Labute approximate surface area is 261 Å². The lowest BCUT2D eigenvalue weighted by molar-refractivity contribution is -0.956. The van der Waals surface area contributed by atoms with Crippen LogP contribution in [0.4, 0.5) is 18.0 Å². The molecule has 0 N–H and O–H groups in total. The molecule has 2 aromatic rings. The average molecular weight is 653 g/mol. The third-order valence-electron chi connectivity index (χ3n) is 9.82. The molecule has 246 valence electrons. The molecule has 1 amide bonds. The number of carbonyl (C=O) groups is 2. The second-order valence-corrected chi connectivity index (χ2v) is 13.7. The maximum absolute atomic E-state index is 14.4. The number of quaternary nitrogens is 1. The van der Waals surface area contributed by atoms with E-state index >= 15 is 0 Å². The maximum atomic E-state index is 14.4. The molecule has 0 aliphatic carbocycles. The van der Waals surface area contributed by atoms with Crippen molar-refractivity contribution in [1.29, 1.82) is 0 Å². The van der Waals surface area contributed by atoms with Gasteiger partial charge in [0.15, 0.2) is 10.1 Å². The van der Waals surface area contributed by atoms with Gasteiger partial charge in [0, 0.05) is 62.7 Å². The summed E-state index contributed by atoms with van der Waals surface area (Å²) in [6, 6.07) is 20.0. The van der Waals surface area contributed by atoms with E-state index in [0.29, 0.717) is 36.3 Å². The van der Waals surface area contributed by atoms with Crippen molar-refractivity contribution in [1.82, 2.24) is 4.90 Å². The number of amides is 1. The minimum absolute atomic E-state index is 0.144. The number of hydrogen-bond donors (Lipinski definition) is 0. The highest BCUT2D eigenvalue weighted by Gasteiger charge is 2.57. The van der Waals surface area contributed by atoms with Crippen molar-refractivity contribution in [3.63, 3.8) is 0 Å². The summed E-state index contributed by atoms with van der Waals surface area (Å²) in [5.74, 6) is -0.477. The summed E-state index contributed by atoms with van der Waals surface area (Å²) in [7, 11) is -6.09. The van der Waals surface area contributed by atoms with E-state index in [1.807, 2.05) is 60.7 Å². The van der Waals surface area contributed by atoms with Crippen LogP contribution in [0, 0.1) is 0 Å². The Kier molecular flexibility index (Phi) is 9.81. The van der Waals surface area contributed by atoms with Gasteiger partial charge in [0.1, 0.15) is 6.10 Å². The van der Waals surface area contributed by atoms with Gasteiger partial charge in [0.25, 0.3) is 5.60 Å². The Morgan fingerprint density at radius 1 is 0.800 bits per heavy atom. The smallest absolute Gasteiger partial charge is 0.485 e. The van der Waals surface area contributed by atoms with Crippen molar-refractivity contribution in [2.45, 2.75) is 87.1 Å². The highest BCUT2D eigenvalue weighted by molar-refractivity contribution is 7.86. The number of ether oxygens (including phenoxy) is 2. The van der Waals surface area contributed by atoms with E-state index in [4.69, 9.17) is 22.4 Å². The molecule has 2 bridgehead atoms. The quantitative estimate of drug-likeness (QED) is 0.183. The van der Waals surface area contributed by atoms with Crippen LogP contribution in [-0.4, -0.2) is 84.3 Å². The second-order valence-electron chi connectivity index (χ2n) is 12.4. The Hall–Kier alpha value is -3.16. The first-order valence-corrected chi connectivity index (χ1v) is 17.0. The van der Waals surface area contributed by atoms with Crippen molar-refractivity contribution >= 4 is 22.2 Å². The predicted molar refractivity (Wildman–Crippen MR) is 156 cm³/mol. The number of carbonyl (C=O) groups excluding carboxylic acids is 2. The van der Waals surface area contributed by atoms with Gasteiger partial charge in [-0.05, 0) is 19.3 Å². The first-order chi connectivity index (χ1) is 21.4. The van der Waals surface area contributed by atoms with Crippen LogP contribution in [0.5, 0.6) is 0 Å². The van der Waals surface area contributed by atoms with E-state index in [0.717, 1.165) is 32.1 Å². The van der Waals surface area contributed by atoms with Crippen molar-refractivity contribution in [3.05, 3.63) is 71.8 Å². The fourth-order valence-electron chi connectivity index (χ4n) is 7.72. The van der Waals surface area contributed by atoms with Gasteiger partial charge in [0.05, 0.1) is 25.2 Å². The van der Waals surface area contributed by atoms with E-state index in [1.54, 1.807) is 4.90 Å². The third-order valence-corrected chi connectivity index (χ3v) is 10.4. The number of likely N-dealkylation sites (tertiary alicyclic amines) is 1. The average Bonchev–Trinajstić information content (AvgIpc) is 3.57. The summed E-state index contributed by atoms with van der Waals surface area (Å²) in [6.07, 6.45) is 9.31. The summed E-state index contributed by atoms with van der Waals surface area (Å²) >= 11 is 0. The first kappa shape index (κ1) is 33.2. The Balaban J connectivity index is 0.000000444. The lowest BCUT2D eigenvalue weighted by Gasteiger charge is -2.47. The second kappa shape index (κ2) is 13.3. The molecule has 2 unspecified atom stereocenters. The number of nitrogens with zero attached hydrogens (tertiary/aromatic N) is 2. The van der Waals surface area contributed by atoms with Crippen LogP contribution >= 0.6 is 0 Å². The van der Waals surface area contributed by atoms with E-state index in [9.17, 15) is 22.8 Å². The maximum Gasteiger partial charge on any atom is 0.485 e. The van der Waals surface area contributed by atoms with Gasteiger partial charge in [-0.3, -0.25) is 0 Å². The van der Waals surface area contributed by atoms with Crippen LogP contribution in [0.1, 0.15) is 68.9 Å². The largest absolute Gasteiger partial charge is 0.741 e. The molecule has 0 radical (unpaired) electrons. The van der Waals surface area contributed by atoms with Crippen molar-refractivity contribution in [2.75, 3.05) is 26.2 Å². The number of alkyl halides is 3. The Morgan fingerprint density at radius 2 is 1.27 bits per heavy atom. The molecular weight excluding hydrogens is 613 g/mol. The van der Waals surface area contributed by atoms with Gasteiger partial charge in [-0.25, -0.2) is 18.0 Å². The highest BCUT2D eigenvalue weighted by atomic mass is 32.2. The summed E-state index contributed by atoms with van der Waals surface area (Å²) < 4.78 is 72.9. The van der Waals surface area contributed by atoms with Crippen LogP contribution in [0.25, 0.3) is 0 Å². The minimum atomic E-state index is -6.09. The summed E-state index contributed by atoms with van der Waals surface area (Å²) in [5, 5.41) is 0. The van der Waals surface area contributed by atoms with Crippen LogP contribution in [0.3, 0.4) is 0 Å². The van der Waals surface area contributed by atoms with Gasteiger partial charge in [-0.1, -0.05) is 60.7 Å². The summed E-state index contributed by atoms with van der Waals surface area (Å²) in [4.78, 5) is 29.6. The van der Waals surface area contributed by atoms with E-state index in [1.165, 1.54) is 43.3 Å². The van der Waals surface area contributed by atoms with Crippen LogP contribution in [0.15, 0.2) is 60.7 Å². The highest BCUT2D eigenvalue weighted by Crippen LogP contribution is 2.47. The van der Waals surface area contributed by atoms with Crippen LogP contribution in [0.2, 0.25) is 0 Å². The molecule has 1 spiro atoms. The molecular formula is C32H39F3N2O7S. The number of piperidine rings is 2. The fourth-order valence-corrected chi connectivity index (χ4v) is 7.72. The summed E-state index contributed by atoms with van der Waals surface area (Å²) in [6.45, 7) is 3.86. The molecule has 0 saturated carbocycles. The molecule has 45 heavy (non-hydrogen) atoms. The minimum Gasteiger partial charge on any atom is -0.741 e. The SMILES string of the molecule is O=C(OC(C(=O)OC1CC2CCC(C1)[N+]21CCCC1)(c1ccccc1)c1ccccc1)N1CCCCC1.O=S(=O)([O-])C(F)(F)F. The number of esters is 1. The topological polar surface area (TPSA) is 113 Å².